The molecule has 0 heterocycles. The number of nitrogens with one attached hydrogen (secondary N) is 2. The van der Waals surface area contributed by atoms with Gasteiger partial charge in [0.05, 0.1) is 5.69 Å². The smallest absolute Gasteiger partial charge is 0.319 e. The van der Waals surface area contributed by atoms with E-state index in [0.29, 0.717) is 30.1 Å². The van der Waals surface area contributed by atoms with Gasteiger partial charge in [-0.1, -0.05) is 36.4 Å². The molecule has 28 heavy (non-hydrogen) atoms. The van der Waals surface area contributed by atoms with E-state index in [-0.39, 0.29) is 6.03 Å². The van der Waals surface area contributed by atoms with E-state index in [2.05, 4.69) is 49.3 Å². The van der Waals surface area contributed by atoms with Crippen LogP contribution in [0, 0.1) is 0 Å². The van der Waals surface area contributed by atoms with E-state index >= 15 is 0 Å². The van der Waals surface area contributed by atoms with Gasteiger partial charge in [-0.15, -0.1) is 0 Å². The van der Waals surface area contributed by atoms with Gasteiger partial charge in [-0.25, -0.2) is 4.79 Å². The molecule has 0 saturated heterocycles. The lowest BCUT2D eigenvalue weighted by molar-refractivity contribution is 0.177. The van der Waals surface area contributed by atoms with Crippen molar-refractivity contribution in [3.8, 4) is 5.75 Å². The van der Waals surface area contributed by atoms with Gasteiger partial charge in [-0.05, 0) is 57.4 Å². The highest BCUT2D eigenvalue weighted by Crippen LogP contribution is 2.27. The maximum atomic E-state index is 11.9. The lowest BCUT2D eigenvalue weighted by Crippen LogP contribution is -2.38. The van der Waals surface area contributed by atoms with E-state index in [4.69, 9.17) is 4.74 Å². The molecule has 0 unspecified atom stereocenters. The molecular formula is C23H33N3O2. The number of anilines is 1. The molecule has 0 fully saturated rings. The van der Waals surface area contributed by atoms with Gasteiger partial charge in [0.15, 0.2) is 0 Å². The minimum absolute atomic E-state index is 0.257. The van der Waals surface area contributed by atoms with Crippen molar-refractivity contribution in [2.75, 3.05) is 18.9 Å². The summed E-state index contributed by atoms with van der Waals surface area (Å²) in [6, 6.07) is 16.8. The molecule has 0 radical (unpaired) electrons. The second-order valence-corrected chi connectivity index (χ2v) is 7.48. The molecule has 2 rings (SSSR count). The fourth-order valence-corrected chi connectivity index (χ4v) is 3.25. The number of ether oxygens (including phenoxy) is 1. The van der Waals surface area contributed by atoms with Crippen LogP contribution < -0.4 is 15.4 Å². The van der Waals surface area contributed by atoms with Gasteiger partial charge >= 0.3 is 6.03 Å². The van der Waals surface area contributed by atoms with Crippen molar-refractivity contribution in [2.45, 2.75) is 52.8 Å². The number of amides is 2. The van der Waals surface area contributed by atoms with E-state index in [1.54, 1.807) is 7.05 Å². The van der Waals surface area contributed by atoms with Crippen LogP contribution in [-0.4, -0.2) is 36.6 Å². The van der Waals surface area contributed by atoms with Gasteiger partial charge in [0.1, 0.15) is 12.4 Å². The molecule has 0 aliphatic carbocycles. The van der Waals surface area contributed by atoms with E-state index in [9.17, 15) is 4.79 Å². The number of carbonyl (C=O) groups excluding carboxylic acids is 1. The van der Waals surface area contributed by atoms with Crippen molar-refractivity contribution in [3.63, 3.8) is 0 Å². The van der Waals surface area contributed by atoms with Crippen molar-refractivity contribution in [1.29, 1.82) is 0 Å². The van der Waals surface area contributed by atoms with E-state index in [0.717, 1.165) is 18.5 Å². The first-order valence-corrected chi connectivity index (χ1v) is 9.94. The van der Waals surface area contributed by atoms with Crippen molar-refractivity contribution in [1.82, 2.24) is 10.2 Å². The van der Waals surface area contributed by atoms with Gasteiger partial charge in [0.25, 0.3) is 0 Å². The van der Waals surface area contributed by atoms with Crippen LogP contribution in [0.2, 0.25) is 0 Å². The number of hydrogen-bond acceptors (Lipinski definition) is 3. The first kappa shape index (κ1) is 21.8. The topological polar surface area (TPSA) is 53.6 Å². The standard InChI is InChI=1S/C23H33N3O2/c1-17(2)26(18(3)4)14-13-19-11-12-22(21(15-19)25-23(27)24-5)28-16-20-9-7-6-8-10-20/h6-12,15,17-18H,13-14,16H2,1-5H3,(H2,24,25,27). The van der Waals surface area contributed by atoms with Gasteiger partial charge in [-0.3, -0.25) is 4.90 Å². The minimum Gasteiger partial charge on any atom is -0.487 e. The predicted molar refractivity (Wildman–Crippen MR) is 116 cm³/mol. The Bertz CT molecular complexity index is 737. The summed E-state index contributed by atoms with van der Waals surface area (Å²) in [5.74, 6) is 0.667. The van der Waals surface area contributed by atoms with Crippen molar-refractivity contribution in [3.05, 3.63) is 59.7 Å². The van der Waals surface area contributed by atoms with Crippen LogP contribution in [0.5, 0.6) is 5.75 Å². The summed E-state index contributed by atoms with van der Waals surface area (Å²) in [7, 11) is 1.60. The predicted octanol–water partition coefficient (Wildman–Crippen LogP) is 4.68. The molecule has 5 heteroatoms. The molecule has 2 N–H and O–H groups in total. The van der Waals surface area contributed by atoms with Gasteiger partial charge in [-0.2, -0.15) is 0 Å². The van der Waals surface area contributed by atoms with Gasteiger partial charge in [0.2, 0.25) is 0 Å². The van der Waals surface area contributed by atoms with E-state index < -0.39 is 0 Å². The van der Waals surface area contributed by atoms with E-state index in [1.165, 1.54) is 5.56 Å². The summed E-state index contributed by atoms with van der Waals surface area (Å²) in [5, 5.41) is 5.48. The number of nitrogens with zero attached hydrogens (tertiary/aromatic N) is 1. The average Bonchev–Trinajstić information content (AvgIpc) is 2.67. The molecule has 0 bridgehead atoms. The average molecular weight is 384 g/mol. The Kier molecular flexibility index (Phi) is 8.33. The summed E-state index contributed by atoms with van der Waals surface area (Å²) in [6.07, 6.45) is 0.914. The molecule has 152 valence electrons. The molecule has 2 aromatic carbocycles. The summed E-state index contributed by atoms with van der Waals surface area (Å²) in [4.78, 5) is 14.3. The van der Waals surface area contributed by atoms with Crippen LogP contribution in [0.1, 0.15) is 38.8 Å². The van der Waals surface area contributed by atoms with Crippen LogP contribution in [0.3, 0.4) is 0 Å². The quantitative estimate of drug-likeness (QED) is 0.661. The zero-order chi connectivity index (χ0) is 20.5. The van der Waals surface area contributed by atoms with Crippen LogP contribution in [0.15, 0.2) is 48.5 Å². The number of carbonyl (C=O) groups is 1. The van der Waals surface area contributed by atoms with Crippen LogP contribution in [0.25, 0.3) is 0 Å². The van der Waals surface area contributed by atoms with Crippen LogP contribution in [0.4, 0.5) is 10.5 Å². The second kappa shape index (κ2) is 10.7. The summed E-state index contributed by atoms with van der Waals surface area (Å²) >= 11 is 0. The Morgan fingerprint density at radius 2 is 1.68 bits per heavy atom. The fourth-order valence-electron chi connectivity index (χ4n) is 3.25. The largest absolute Gasteiger partial charge is 0.487 e. The van der Waals surface area contributed by atoms with Crippen LogP contribution >= 0.6 is 0 Å². The third kappa shape index (κ3) is 6.57. The highest BCUT2D eigenvalue weighted by Gasteiger charge is 2.14. The van der Waals surface area contributed by atoms with Gasteiger partial charge in [0, 0.05) is 25.7 Å². The molecule has 0 aliphatic heterocycles. The molecule has 5 nitrogen and oxygen atoms in total. The molecule has 0 aliphatic rings. The number of rotatable bonds is 9. The first-order valence-electron chi connectivity index (χ1n) is 9.94. The molecular weight excluding hydrogens is 350 g/mol. The Morgan fingerprint density at radius 3 is 2.29 bits per heavy atom. The highest BCUT2D eigenvalue weighted by atomic mass is 16.5. The number of hydrogen-bond donors (Lipinski definition) is 2. The molecule has 0 atom stereocenters. The first-order chi connectivity index (χ1) is 13.4. The zero-order valence-corrected chi connectivity index (χ0v) is 17.7. The van der Waals surface area contributed by atoms with Crippen molar-refractivity contribution in [2.24, 2.45) is 0 Å². The lowest BCUT2D eigenvalue weighted by Gasteiger charge is -2.30. The van der Waals surface area contributed by atoms with E-state index in [1.807, 2.05) is 42.5 Å². The highest BCUT2D eigenvalue weighted by molar-refractivity contribution is 5.90. The third-order valence-electron chi connectivity index (χ3n) is 4.74. The maximum Gasteiger partial charge on any atom is 0.319 e. The molecule has 0 saturated carbocycles. The van der Waals surface area contributed by atoms with Crippen molar-refractivity contribution < 1.29 is 9.53 Å². The lowest BCUT2D eigenvalue weighted by atomic mass is 10.1. The SMILES string of the molecule is CNC(=O)Nc1cc(CCN(C(C)C)C(C)C)ccc1OCc1ccccc1. The Morgan fingerprint density at radius 1 is 1.00 bits per heavy atom. The Hall–Kier alpha value is -2.53. The summed E-state index contributed by atoms with van der Waals surface area (Å²) in [5.41, 5.74) is 2.94. The number of benzene rings is 2. The molecule has 2 aromatic rings. The summed E-state index contributed by atoms with van der Waals surface area (Å²) < 4.78 is 5.97. The minimum atomic E-state index is -0.257. The van der Waals surface area contributed by atoms with Crippen LogP contribution in [-0.2, 0) is 13.0 Å². The monoisotopic (exact) mass is 383 g/mol. The summed E-state index contributed by atoms with van der Waals surface area (Å²) in [6.45, 7) is 10.3. The Balaban J connectivity index is 2.13. The third-order valence-corrected chi connectivity index (χ3v) is 4.74. The second-order valence-electron chi connectivity index (χ2n) is 7.48. The molecule has 0 spiro atoms. The molecule has 2 amide bonds. The molecule has 0 aromatic heterocycles. The number of urea groups is 1. The normalized spacial score (nSPS) is 11.1. The van der Waals surface area contributed by atoms with Gasteiger partial charge < -0.3 is 15.4 Å². The Labute approximate surface area is 169 Å². The van der Waals surface area contributed by atoms with Crippen molar-refractivity contribution >= 4 is 11.7 Å². The zero-order valence-electron chi connectivity index (χ0n) is 17.7. The maximum absolute atomic E-state index is 11.9. The fraction of sp³-hybridized carbons (Fsp3) is 0.435.